The Labute approximate surface area is 138 Å². The van der Waals surface area contributed by atoms with Crippen LogP contribution in [0.4, 0.5) is 33.8 Å². The molecule has 4 N–H and O–H groups in total. The number of nitrogens with one attached hydrogen (secondary N) is 2. The van der Waals surface area contributed by atoms with Crippen molar-refractivity contribution in [2.24, 2.45) is 0 Å². The van der Waals surface area contributed by atoms with E-state index in [4.69, 9.17) is 5.73 Å². The molecule has 0 amide bonds. The zero-order valence-electron chi connectivity index (χ0n) is 12.7. The van der Waals surface area contributed by atoms with Crippen molar-refractivity contribution in [2.45, 2.75) is 43.8 Å². The third kappa shape index (κ3) is 3.94. The maximum Gasteiger partial charge on any atom is 0.435 e. The van der Waals surface area contributed by atoms with Gasteiger partial charge in [0.1, 0.15) is 0 Å². The summed E-state index contributed by atoms with van der Waals surface area (Å²) in [4.78, 5) is 11.4. The zero-order chi connectivity index (χ0) is 18.2. The van der Waals surface area contributed by atoms with E-state index in [1.807, 2.05) is 0 Å². The van der Waals surface area contributed by atoms with Crippen LogP contribution in [0.3, 0.4) is 0 Å². The number of hydrogen-bond acceptors (Lipinski definition) is 6. The predicted octanol–water partition coefficient (Wildman–Crippen LogP) is 2.85. The van der Waals surface area contributed by atoms with Crippen LogP contribution in [0.15, 0.2) is 6.20 Å². The van der Waals surface area contributed by atoms with Gasteiger partial charge in [-0.3, -0.25) is 5.10 Å². The van der Waals surface area contributed by atoms with Gasteiger partial charge in [0.15, 0.2) is 11.5 Å². The average Bonchev–Trinajstić information content (AvgIpc) is 2.99. The molecule has 0 atom stereocenters. The lowest BCUT2D eigenvalue weighted by atomic mass is 9.92. The molecule has 0 bridgehead atoms. The molecule has 2 aromatic rings. The number of H-pyrrole nitrogens is 1. The number of halogens is 5. The van der Waals surface area contributed by atoms with Crippen molar-refractivity contribution in [2.75, 3.05) is 11.1 Å². The first-order valence-electron chi connectivity index (χ1n) is 7.41. The monoisotopic (exact) mass is 363 g/mol. The molecule has 0 unspecified atom stereocenters. The summed E-state index contributed by atoms with van der Waals surface area (Å²) in [5, 5.41) is 8.11. The Morgan fingerprint density at radius 2 is 1.84 bits per heavy atom. The van der Waals surface area contributed by atoms with Crippen molar-refractivity contribution >= 4 is 11.9 Å². The molecule has 25 heavy (non-hydrogen) atoms. The predicted molar refractivity (Wildman–Crippen MR) is 77.6 cm³/mol. The molecular formula is C13H14F5N7. The fourth-order valence-electron chi connectivity index (χ4n) is 2.62. The number of aromatic nitrogens is 5. The van der Waals surface area contributed by atoms with Crippen molar-refractivity contribution in [3.8, 4) is 11.4 Å². The van der Waals surface area contributed by atoms with E-state index in [2.05, 4.69) is 30.5 Å². The maximum atomic E-state index is 13.2. The van der Waals surface area contributed by atoms with Crippen LogP contribution < -0.4 is 11.1 Å². The van der Waals surface area contributed by atoms with Crippen molar-refractivity contribution in [1.82, 2.24) is 25.1 Å². The van der Waals surface area contributed by atoms with Crippen molar-refractivity contribution in [3.63, 3.8) is 0 Å². The van der Waals surface area contributed by atoms with Crippen LogP contribution in [0, 0.1) is 0 Å². The summed E-state index contributed by atoms with van der Waals surface area (Å²) in [5.74, 6) is -3.35. The summed E-state index contributed by atoms with van der Waals surface area (Å²) in [6, 6.07) is -0.319. The number of nitrogens with zero attached hydrogens (tertiary/aromatic N) is 4. The Morgan fingerprint density at radius 1 is 1.16 bits per heavy atom. The molecule has 0 saturated heterocycles. The molecule has 1 fully saturated rings. The van der Waals surface area contributed by atoms with Crippen LogP contribution in [0.25, 0.3) is 11.4 Å². The smallest absolute Gasteiger partial charge is 0.368 e. The SMILES string of the molecule is Nc1nc(NC2CCC(F)(F)CC2)nc(-c2c[nH]nc2C(F)(F)F)n1. The van der Waals surface area contributed by atoms with E-state index in [1.165, 1.54) is 0 Å². The summed E-state index contributed by atoms with van der Waals surface area (Å²) in [6.07, 6.45) is -3.88. The van der Waals surface area contributed by atoms with Gasteiger partial charge in [-0.1, -0.05) is 0 Å². The second kappa shape index (κ2) is 6.08. The molecule has 2 heterocycles. The highest BCUT2D eigenvalue weighted by molar-refractivity contribution is 5.60. The fraction of sp³-hybridized carbons (Fsp3) is 0.538. The van der Waals surface area contributed by atoms with Gasteiger partial charge in [-0.2, -0.15) is 33.2 Å². The van der Waals surface area contributed by atoms with Gasteiger partial charge in [0, 0.05) is 25.1 Å². The minimum Gasteiger partial charge on any atom is -0.368 e. The van der Waals surface area contributed by atoms with Crippen LogP contribution in [0.5, 0.6) is 0 Å². The van der Waals surface area contributed by atoms with Crippen LogP contribution in [0.2, 0.25) is 0 Å². The lowest BCUT2D eigenvalue weighted by molar-refractivity contribution is -0.140. The Morgan fingerprint density at radius 3 is 2.48 bits per heavy atom. The number of nitrogens with two attached hydrogens (primary N) is 1. The zero-order valence-corrected chi connectivity index (χ0v) is 12.7. The highest BCUT2D eigenvalue weighted by Crippen LogP contribution is 2.35. The molecular weight excluding hydrogens is 349 g/mol. The third-order valence-electron chi connectivity index (χ3n) is 3.85. The topological polar surface area (TPSA) is 105 Å². The van der Waals surface area contributed by atoms with Gasteiger partial charge in [0.2, 0.25) is 17.8 Å². The van der Waals surface area contributed by atoms with Crippen molar-refractivity contribution in [1.29, 1.82) is 0 Å². The van der Waals surface area contributed by atoms with Crippen molar-refractivity contribution in [3.05, 3.63) is 11.9 Å². The van der Waals surface area contributed by atoms with Crippen molar-refractivity contribution < 1.29 is 22.0 Å². The van der Waals surface area contributed by atoms with Crippen LogP contribution in [0.1, 0.15) is 31.4 Å². The first kappa shape index (κ1) is 17.3. The van der Waals surface area contributed by atoms with E-state index in [1.54, 1.807) is 0 Å². The Hall–Kier alpha value is -2.53. The van der Waals surface area contributed by atoms with Gasteiger partial charge in [0.05, 0.1) is 5.56 Å². The molecule has 1 aliphatic carbocycles. The molecule has 0 radical (unpaired) electrons. The number of nitrogen functional groups attached to an aromatic ring is 1. The van der Waals surface area contributed by atoms with Gasteiger partial charge in [-0.05, 0) is 12.8 Å². The molecule has 1 aliphatic rings. The normalized spacial score (nSPS) is 18.3. The number of alkyl halides is 5. The molecule has 2 aromatic heterocycles. The highest BCUT2D eigenvalue weighted by atomic mass is 19.4. The highest BCUT2D eigenvalue weighted by Gasteiger charge is 2.38. The Kier molecular flexibility index (Phi) is 4.21. The summed E-state index contributed by atoms with van der Waals surface area (Å²) < 4.78 is 65.2. The van der Waals surface area contributed by atoms with E-state index >= 15 is 0 Å². The van der Waals surface area contributed by atoms with E-state index < -0.39 is 17.8 Å². The molecule has 0 aliphatic heterocycles. The standard InChI is InChI=1S/C13H14F5N7/c14-12(15)3-1-6(2-4-12)21-11-23-9(22-10(19)24-11)7-5-20-25-8(7)13(16,17)18/h5-6H,1-4H2,(H,20,25)(H3,19,21,22,23,24). The summed E-state index contributed by atoms with van der Waals surface area (Å²) >= 11 is 0. The van der Waals surface area contributed by atoms with Gasteiger partial charge in [-0.25, -0.2) is 8.78 Å². The lowest BCUT2D eigenvalue weighted by Crippen LogP contribution is -2.32. The van der Waals surface area contributed by atoms with Gasteiger partial charge < -0.3 is 11.1 Å². The molecule has 12 heteroatoms. The van der Waals surface area contributed by atoms with Gasteiger partial charge in [0.25, 0.3) is 0 Å². The number of aromatic amines is 1. The average molecular weight is 363 g/mol. The summed E-state index contributed by atoms with van der Waals surface area (Å²) in [5.41, 5.74) is 3.98. The minimum absolute atomic E-state index is 0.0629. The fourth-order valence-corrected chi connectivity index (χ4v) is 2.62. The third-order valence-corrected chi connectivity index (χ3v) is 3.85. The molecule has 3 rings (SSSR count). The first-order valence-corrected chi connectivity index (χ1v) is 7.41. The van der Waals surface area contributed by atoms with E-state index in [9.17, 15) is 22.0 Å². The number of rotatable bonds is 3. The Balaban J connectivity index is 1.84. The van der Waals surface area contributed by atoms with Crippen LogP contribution >= 0.6 is 0 Å². The lowest BCUT2D eigenvalue weighted by Gasteiger charge is -2.28. The van der Waals surface area contributed by atoms with Crippen LogP contribution in [-0.4, -0.2) is 37.1 Å². The minimum atomic E-state index is -4.70. The number of anilines is 2. The van der Waals surface area contributed by atoms with E-state index in [-0.39, 0.29) is 55.0 Å². The van der Waals surface area contributed by atoms with Gasteiger partial charge in [-0.15, -0.1) is 0 Å². The molecule has 7 nitrogen and oxygen atoms in total. The van der Waals surface area contributed by atoms with E-state index in [0.29, 0.717) is 0 Å². The first-order chi connectivity index (χ1) is 11.6. The van der Waals surface area contributed by atoms with Gasteiger partial charge >= 0.3 is 6.18 Å². The second-order valence-corrected chi connectivity index (χ2v) is 5.76. The maximum absolute atomic E-state index is 13.2. The molecule has 136 valence electrons. The Bertz CT molecular complexity index is 747. The summed E-state index contributed by atoms with van der Waals surface area (Å²) in [6.45, 7) is 0. The van der Waals surface area contributed by atoms with Crippen LogP contribution in [-0.2, 0) is 6.18 Å². The largest absolute Gasteiger partial charge is 0.435 e. The molecule has 0 aromatic carbocycles. The summed E-state index contributed by atoms with van der Waals surface area (Å²) in [7, 11) is 0. The quantitative estimate of drug-likeness (QED) is 0.724. The molecule has 1 saturated carbocycles. The van der Waals surface area contributed by atoms with E-state index in [0.717, 1.165) is 6.20 Å². The number of hydrogen-bond donors (Lipinski definition) is 3. The second-order valence-electron chi connectivity index (χ2n) is 5.76. The molecule has 0 spiro atoms.